The van der Waals surface area contributed by atoms with Gasteiger partial charge in [-0.3, -0.25) is 9.59 Å². The van der Waals surface area contributed by atoms with E-state index in [-0.39, 0.29) is 23.0 Å². The molecule has 1 amide bonds. The normalized spacial score (nSPS) is 17.5. The topological polar surface area (TPSA) is 104 Å². The first kappa shape index (κ1) is 16.9. The predicted octanol–water partition coefficient (Wildman–Crippen LogP) is 1.06. The smallest absolute Gasteiger partial charge is 0.323 e. The van der Waals surface area contributed by atoms with E-state index in [1.54, 1.807) is 0 Å². The zero-order chi connectivity index (χ0) is 17.3. The SMILES string of the molecule is O=C(O)CN(C(=O)c1cccc(S(=O)(=O)NCC2CC2)c1)C1CC1. The summed E-state index contributed by atoms with van der Waals surface area (Å²) in [5.41, 5.74) is 0.192. The van der Waals surface area contributed by atoms with Crippen LogP contribution in [0.15, 0.2) is 29.2 Å². The number of hydrogen-bond acceptors (Lipinski definition) is 4. The molecule has 2 N–H and O–H groups in total. The van der Waals surface area contributed by atoms with E-state index in [2.05, 4.69) is 4.72 Å². The highest BCUT2D eigenvalue weighted by molar-refractivity contribution is 7.89. The molecule has 0 heterocycles. The van der Waals surface area contributed by atoms with Gasteiger partial charge in [0.25, 0.3) is 5.91 Å². The van der Waals surface area contributed by atoms with Gasteiger partial charge in [-0.05, 0) is 49.8 Å². The van der Waals surface area contributed by atoms with Crippen LogP contribution in [0.1, 0.15) is 36.0 Å². The Kier molecular flexibility index (Phi) is 4.60. The number of carbonyl (C=O) groups is 2. The minimum Gasteiger partial charge on any atom is -0.480 e. The molecular weight excluding hydrogens is 332 g/mol. The van der Waals surface area contributed by atoms with E-state index >= 15 is 0 Å². The minimum absolute atomic E-state index is 0.0278. The van der Waals surface area contributed by atoms with E-state index in [1.807, 2.05) is 0 Å². The molecule has 0 saturated heterocycles. The van der Waals surface area contributed by atoms with Crippen LogP contribution in [0, 0.1) is 5.92 Å². The first-order chi connectivity index (χ1) is 11.4. The zero-order valence-electron chi connectivity index (χ0n) is 13.1. The Morgan fingerprint density at radius 3 is 2.50 bits per heavy atom. The molecule has 24 heavy (non-hydrogen) atoms. The van der Waals surface area contributed by atoms with Gasteiger partial charge >= 0.3 is 5.97 Å². The molecular formula is C16H20N2O5S. The molecule has 8 heteroatoms. The summed E-state index contributed by atoms with van der Waals surface area (Å²) in [6, 6.07) is 5.70. The van der Waals surface area contributed by atoms with Crippen molar-refractivity contribution in [3.05, 3.63) is 29.8 Å². The fourth-order valence-electron chi connectivity index (χ4n) is 2.49. The number of rotatable bonds is 8. The molecule has 130 valence electrons. The molecule has 0 bridgehead atoms. The first-order valence-corrected chi connectivity index (χ1v) is 9.47. The van der Waals surface area contributed by atoms with Crippen LogP contribution in [-0.2, 0) is 14.8 Å². The number of nitrogens with one attached hydrogen (secondary N) is 1. The van der Waals surface area contributed by atoms with Crippen LogP contribution in [0.4, 0.5) is 0 Å². The third-order valence-corrected chi connectivity index (χ3v) is 5.63. The number of sulfonamides is 1. The van der Waals surface area contributed by atoms with Gasteiger partial charge in [-0.2, -0.15) is 0 Å². The molecule has 0 unspecified atom stereocenters. The van der Waals surface area contributed by atoms with Crippen LogP contribution in [0.3, 0.4) is 0 Å². The maximum absolute atomic E-state index is 12.6. The van der Waals surface area contributed by atoms with Gasteiger partial charge in [-0.25, -0.2) is 13.1 Å². The predicted molar refractivity (Wildman–Crippen MR) is 86.0 cm³/mol. The summed E-state index contributed by atoms with van der Waals surface area (Å²) in [5.74, 6) is -1.12. The Morgan fingerprint density at radius 2 is 1.92 bits per heavy atom. The fraction of sp³-hybridized carbons (Fsp3) is 0.500. The number of benzene rings is 1. The van der Waals surface area contributed by atoms with E-state index in [1.165, 1.54) is 29.2 Å². The number of carbonyl (C=O) groups excluding carboxylic acids is 1. The van der Waals surface area contributed by atoms with Gasteiger partial charge in [0.1, 0.15) is 6.54 Å². The van der Waals surface area contributed by atoms with Gasteiger partial charge in [0.15, 0.2) is 0 Å². The van der Waals surface area contributed by atoms with Crippen LogP contribution >= 0.6 is 0 Å². The van der Waals surface area contributed by atoms with Gasteiger partial charge in [0.05, 0.1) is 4.90 Å². The van der Waals surface area contributed by atoms with Crippen molar-refractivity contribution in [1.82, 2.24) is 9.62 Å². The van der Waals surface area contributed by atoms with Crippen molar-refractivity contribution in [3.63, 3.8) is 0 Å². The molecule has 2 aliphatic rings. The quantitative estimate of drug-likeness (QED) is 0.728. The third kappa shape index (κ3) is 4.12. The third-order valence-electron chi connectivity index (χ3n) is 4.20. The van der Waals surface area contributed by atoms with E-state index < -0.39 is 21.9 Å². The summed E-state index contributed by atoms with van der Waals surface area (Å²) >= 11 is 0. The van der Waals surface area contributed by atoms with Crippen LogP contribution in [0.5, 0.6) is 0 Å². The van der Waals surface area contributed by atoms with Crippen LogP contribution < -0.4 is 4.72 Å². The lowest BCUT2D eigenvalue weighted by atomic mass is 10.2. The highest BCUT2D eigenvalue weighted by Gasteiger charge is 2.34. The second kappa shape index (κ2) is 6.52. The van der Waals surface area contributed by atoms with Crippen molar-refractivity contribution in [2.45, 2.75) is 36.6 Å². The maximum atomic E-state index is 12.6. The molecule has 2 aliphatic carbocycles. The second-order valence-electron chi connectivity index (χ2n) is 6.38. The molecule has 0 radical (unpaired) electrons. The molecule has 1 aromatic carbocycles. The van der Waals surface area contributed by atoms with Crippen molar-refractivity contribution >= 4 is 21.9 Å². The van der Waals surface area contributed by atoms with Crippen LogP contribution in [0.2, 0.25) is 0 Å². The molecule has 3 rings (SSSR count). The fourth-order valence-corrected chi connectivity index (χ4v) is 3.66. The van der Waals surface area contributed by atoms with Gasteiger partial charge in [0.2, 0.25) is 10.0 Å². The maximum Gasteiger partial charge on any atom is 0.323 e. The summed E-state index contributed by atoms with van der Waals surface area (Å²) in [5, 5.41) is 8.97. The van der Waals surface area contributed by atoms with E-state index in [9.17, 15) is 18.0 Å². The largest absolute Gasteiger partial charge is 0.480 e. The lowest BCUT2D eigenvalue weighted by molar-refractivity contribution is -0.137. The van der Waals surface area contributed by atoms with Crippen LogP contribution in [-0.4, -0.2) is 49.4 Å². The molecule has 1 aromatic rings. The van der Waals surface area contributed by atoms with Crippen molar-refractivity contribution in [2.24, 2.45) is 5.92 Å². The Labute approximate surface area is 140 Å². The van der Waals surface area contributed by atoms with Gasteiger partial charge in [-0.15, -0.1) is 0 Å². The second-order valence-corrected chi connectivity index (χ2v) is 8.15. The molecule has 0 aromatic heterocycles. The number of carboxylic acids is 1. The Balaban J connectivity index is 1.78. The van der Waals surface area contributed by atoms with Crippen molar-refractivity contribution in [3.8, 4) is 0 Å². The Morgan fingerprint density at radius 1 is 1.21 bits per heavy atom. The Bertz CT molecular complexity index is 753. The summed E-state index contributed by atoms with van der Waals surface area (Å²) in [7, 11) is -3.66. The average molecular weight is 352 g/mol. The van der Waals surface area contributed by atoms with Crippen LogP contribution in [0.25, 0.3) is 0 Å². The van der Waals surface area contributed by atoms with E-state index in [0.29, 0.717) is 12.5 Å². The summed E-state index contributed by atoms with van der Waals surface area (Å²) in [6.07, 6.45) is 3.62. The van der Waals surface area contributed by atoms with Crippen molar-refractivity contribution in [1.29, 1.82) is 0 Å². The van der Waals surface area contributed by atoms with Gasteiger partial charge in [0, 0.05) is 18.2 Å². The highest BCUT2D eigenvalue weighted by atomic mass is 32.2. The number of nitrogens with zero attached hydrogens (tertiary/aromatic N) is 1. The molecule has 0 aliphatic heterocycles. The Hall–Kier alpha value is -1.93. The molecule has 2 saturated carbocycles. The summed E-state index contributed by atoms with van der Waals surface area (Å²) < 4.78 is 27.2. The minimum atomic E-state index is -3.66. The summed E-state index contributed by atoms with van der Waals surface area (Å²) in [6.45, 7) is 0.0358. The lowest BCUT2D eigenvalue weighted by Gasteiger charge is -2.20. The van der Waals surface area contributed by atoms with Gasteiger partial charge < -0.3 is 10.0 Å². The highest BCUT2D eigenvalue weighted by Crippen LogP contribution is 2.29. The first-order valence-electron chi connectivity index (χ1n) is 7.99. The van der Waals surface area contributed by atoms with E-state index in [0.717, 1.165) is 25.7 Å². The monoisotopic (exact) mass is 352 g/mol. The number of amides is 1. The van der Waals surface area contributed by atoms with Crippen molar-refractivity contribution < 1.29 is 23.1 Å². The van der Waals surface area contributed by atoms with Crippen molar-refractivity contribution in [2.75, 3.05) is 13.1 Å². The zero-order valence-corrected chi connectivity index (χ0v) is 14.0. The van der Waals surface area contributed by atoms with E-state index in [4.69, 9.17) is 5.11 Å². The summed E-state index contributed by atoms with van der Waals surface area (Å²) in [4.78, 5) is 24.8. The van der Waals surface area contributed by atoms with Gasteiger partial charge in [-0.1, -0.05) is 6.07 Å². The standard InChI is InChI=1S/C16H20N2O5S/c19-15(20)10-18(13-6-7-13)16(21)12-2-1-3-14(8-12)24(22,23)17-9-11-4-5-11/h1-3,8,11,13,17H,4-7,9-10H2,(H,19,20). The number of carboxylic acid groups (broad SMARTS) is 1. The molecule has 0 spiro atoms. The lowest BCUT2D eigenvalue weighted by Crippen LogP contribution is -2.37. The number of aliphatic carboxylic acids is 1. The average Bonchev–Trinajstić information content (AvgIpc) is 3.43. The molecule has 0 atom stereocenters. The number of hydrogen-bond donors (Lipinski definition) is 2. The molecule has 2 fully saturated rings. The molecule has 7 nitrogen and oxygen atoms in total.